The van der Waals surface area contributed by atoms with Gasteiger partial charge >= 0.3 is 5.97 Å². The number of hydrogen-bond acceptors (Lipinski definition) is 2. The minimum Gasteiger partial charge on any atom is -0.478 e. The number of aryl methyl sites for hydroxylation is 3. The van der Waals surface area contributed by atoms with E-state index in [4.69, 9.17) is 0 Å². The third-order valence-corrected chi connectivity index (χ3v) is 2.90. The molecule has 1 N–H and O–H groups in total. The lowest BCUT2D eigenvalue weighted by Crippen LogP contribution is -2.03. The van der Waals surface area contributed by atoms with Crippen molar-refractivity contribution in [3.8, 4) is 0 Å². The van der Waals surface area contributed by atoms with Crippen molar-refractivity contribution in [2.45, 2.75) is 27.2 Å². The number of aromatic nitrogens is 1. The second kappa shape index (κ2) is 4.17. The summed E-state index contributed by atoms with van der Waals surface area (Å²) >= 11 is 0. The van der Waals surface area contributed by atoms with Gasteiger partial charge in [-0.2, -0.15) is 0 Å². The minimum atomic E-state index is -0.890. The molecule has 0 amide bonds. The largest absolute Gasteiger partial charge is 0.478 e. The zero-order chi connectivity index (χ0) is 12.6. The molecule has 0 spiro atoms. The highest BCUT2D eigenvalue weighted by Crippen LogP contribution is 2.24. The minimum absolute atomic E-state index is 0.351. The molecule has 88 valence electrons. The summed E-state index contributed by atoms with van der Waals surface area (Å²) in [6, 6.07) is 5.60. The first-order valence-electron chi connectivity index (χ1n) is 5.67. The fourth-order valence-corrected chi connectivity index (χ4v) is 2.16. The Hall–Kier alpha value is -1.90. The molecule has 1 heterocycles. The molecule has 0 saturated carbocycles. The molecule has 2 aromatic rings. The first-order chi connectivity index (χ1) is 8.02. The lowest BCUT2D eigenvalue weighted by Gasteiger charge is -2.09. The van der Waals surface area contributed by atoms with Gasteiger partial charge in [-0.1, -0.05) is 13.0 Å². The van der Waals surface area contributed by atoms with Crippen LogP contribution in [0, 0.1) is 13.8 Å². The first kappa shape index (κ1) is 11.6. The summed E-state index contributed by atoms with van der Waals surface area (Å²) in [4.78, 5) is 15.8. The monoisotopic (exact) mass is 229 g/mol. The molecular weight excluding hydrogens is 214 g/mol. The number of carboxylic acid groups (broad SMARTS) is 1. The molecule has 3 nitrogen and oxygen atoms in total. The topological polar surface area (TPSA) is 50.2 Å². The Labute approximate surface area is 100 Å². The van der Waals surface area contributed by atoms with Gasteiger partial charge in [-0.3, -0.25) is 4.98 Å². The molecule has 2 rings (SSSR count). The maximum atomic E-state index is 11.3. The number of benzene rings is 1. The van der Waals surface area contributed by atoms with Crippen LogP contribution in [0.4, 0.5) is 0 Å². The van der Waals surface area contributed by atoms with Crippen molar-refractivity contribution in [2.24, 2.45) is 0 Å². The summed E-state index contributed by atoms with van der Waals surface area (Å²) in [5, 5.41) is 10.0. The van der Waals surface area contributed by atoms with Gasteiger partial charge in [-0.15, -0.1) is 0 Å². The predicted octanol–water partition coefficient (Wildman–Crippen LogP) is 3.11. The number of aromatic carboxylic acids is 1. The van der Waals surface area contributed by atoms with E-state index in [0.29, 0.717) is 5.56 Å². The Balaban J connectivity index is 2.90. The lowest BCUT2D eigenvalue weighted by molar-refractivity contribution is 0.0698. The highest BCUT2D eigenvalue weighted by atomic mass is 16.4. The van der Waals surface area contributed by atoms with Crippen molar-refractivity contribution < 1.29 is 9.90 Å². The number of fused-ring (bicyclic) bond motifs is 1. The van der Waals surface area contributed by atoms with Gasteiger partial charge < -0.3 is 5.11 Å². The molecule has 0 aliphatic rings. The number of carboxylic acids is 1. The number of carbonyl (C=O) groups is 1. The van der Waals surface area contributed by atoms with Crippen molar-refractivity contribution in [3.63, 3.8) is 0 Å². The predicted molar refractivity (Wildman–Crippen MR) is 67.6 cm³/mol. The molecule has 0 aliphatic carbocycles. The van der Waals surface area contributed by atoms with E-state index < -0.39 is 5.97 Å². The number of rotatable bonds is 2. The van der Waals surface area contributed by atoms with Crippen LogP contribution in [0.5, 0.6) is 0 Å². The van der Waals surface area contributed by atoms with Crippen molar-refractivity contribution in [3.05, 3.63) is 40.6 Å². The van der Waals surface area contributed by atoms with Gasteiger partial charge in [0.1, 0.15) is 0 Å². The van der Waals surface area contributed by atoms with E-state index in [1.54, 1.807) is 6.07 Å². The quantitative estimate of drug-likeness (QED) is 0.860. The zero-order valence-electron chi connectivity index (χ0n) is 10.2. The van der Waals surface area contributed by atoms with E-state index in [0.717, 1.165) is 34.1 Å². The standard InChI is InChI=1S/C14H15NO2/c1-4-10-7-11(14(16)17)13-9(3)5-8(2)6-12(13)15-10/h5-7H,4H2,1-3H3,(H,16,17). The second-order valence-electron chi connectivity index (χ2n) is 4.30. The van der Waals surface area contributed by atoms with Crippen molar-refractivity contribution >= 4 is 16.9 Å². The molecule has 17 heavy (non-hydrogen) atoms. The zero-order valence-corrected chi connectivity index (χ0v) is 10.2. The number of hydrogen-bond donors (Lipinski definition) is 1. The van der Waals surface area contributed by atoms with Gasteiger partial charge in [0.05, 0.1) is 11.1 Å². The van der Waals surface area contributed by atoms with Gasteiger partial charge in [-0.05, 0) is 43.5 Å². The van der Waals surface area contributed by atoms with Gasteiger partial charge in [-0.25, -0.2) is 4.79 Å². The van der Waals surface area contributed by atoms with Gasteiger partial charge in [0.15, 0.2) is 0 Å². The Morgan fingerprint density at radius 1 is 1.29 bits per heavy atom. The highest BCUT2D eigenvalue weighted by Gasteiger charge is 2.13. The van der Waals surface area contributed by atoms with Gasteiger partial charge in [0.2, 0.25) is 0 Å². The van der Waals surface area contributed by atoms with Gasteiger partial charge in [0, 0.05) is 11.1 Å². The van der Waals surface area contributed by atoms with Crippen molar-refractivity contribution in [1.29, 1.82) is 0 Å². The van der Waals surface area contributed by atoms with E-state index in [9.17, 15) is 9.90 Å². The molecular formula is C14H15NO2. The second-order valence-corrected chi connectivity index (χ2v) is 4.30. The molecule has 0 fully saturated rings. The molecule has 0 aliphatic heterocycles. The van der Waals surface area contributed by atoms with E-state index in [-0.39, 0.29) is 0 Å². The van der Waals surface area contributed by atoms with Crippen LogP contribution in [-0.2, 0) is 6.42 Å². The molecule has 0 bridgehead atoms. The Morgan fingerprint density at radius 2 is 2.00 bits per heavy atom. The van der Waals surface area contributed by atoms with Crippen LogP contribution in [0.1, 0.15) is 34.1 Å². The molecule has 0 atom stereocenters. The smallest absolute Gasteiger partial charge is 0.336 e. The van der Waals surface area contributed by atoms with Crippen LogP contribution in [0.15, 0.2) is 18.2 Å². The Kier molecular flexibility index (Phi) is 2.84. The highest BCUT2D eigenvalue weighted by molar-refractivity contribution is 6.04. The van der Waals surface area contributed by atoms with Crippen LogP contribution < -0.4 is 0 Å². The van der Waals surface area contributed by atoms with Crippen LogP contribution in [-0.4, -0.2) is 16.1 Å². The molecule has 3 heteroatoms. The van der Waals surface area contributed by atoms with Crippen LogP contribution >= 0.6 is 0 Å². The maximum Gasteiger partial charge on any atom is 0.336 e. The maximum absolute atomic E-state index is 11.3. The first-order valence-corrected chi connectivity index (χ1v) is 5.67. The summed E-state index contributed by atoms with van der Waals surface area (Å²) in [6.07, 6.45) is 0.739. The summed E-state index contributed by atoms with van der Waals surface area (Å²) in [7, 11) is 0. The molecule has 1 aromatic carbocycles. The summed E-state index contributed by atoms with van der Waals surface area (Å²) in [5.74, 6) is -0.890. The van der Waals surface area contributed by atoms with E-state index >= 15 is 0 Å². The molecule has 0 saturated heterocycles. The lowest BCUT2D eigenvalue weighted by atomic mass is 10.0. The fourth-order valence-electron chi connectivity index (χ4n) is 2.16. The van der Waals surface area contributed by atoms with Crippen molar-refractivity contribution in [2.75, 3.05) is 0 Å². The SMILES string of the molecule is CCc1cc(C(=O)O)c2c(C)cc(C)cc2n1. The number of pyridine rings is 1. The third-order valence-electron chi connectivity index (χ3n) is 2.90. The fraction of sp³-hybridized carbons (Fsp3) is 0.286. The molecule has 0 unspecified atom stereocenters. The number of nitrogens with zero attached hydrogens (tertiary/aromatic N) is 1. The molecule has 0 radical (unpaired) electrons. The average Bonchev–Trinajstić information content (AvgIpc) is 2.26. The Bertz CT molecular complexity index is 603. The summed E-state index contributed by atoms with van der Waals surface area (Å²) in [6.45, 7) is 5.89. The average molecular weight is 229 g/mol. The van der Waals surface area contributed by atoms with E-state index in [2.05, 4.69) is 4.98 Å². The Morgan fingerprint density at radius 3 is 2.59 bits per heavy atom. The third kappa shape index (κ3) is 2.00. The summed E-state index contributed by atoms with van der Waals surface area (Å²) < 4.78 is 0. The summed E-state index contributed by atoms with van der Waals surface area (Å²) in [5.41, 5.74) is 4.02. The molecule has 1 aromatic heterocycles. The van der Waals surface area contributed by atoms with E-state index in [1.807, 2.05) is 32.9 Å². The van der Waals surface area contributed by atoms with Crippen LogP contribution in [0.25, 0.3) is 10.9 Å². The van der Waals surface area contributed by atoms with E-state index in [1.165, 1.54) is 0 Å². The normalized spacial score (nSPS) is 10.8. The van der Waals surface area contributed by atoms with Gasteiger partial charge in [0.25, 0.3) is 0 Å². The van der Waals surface area contributed by atoms with Crippen molar-refractivity contribution in [1.82, 2.24) is 4.98 Å². The van der Waals surface area contributed by atoms with Crippen LogP contribution in [0.3, 0.4) is 0 Å². The van der Waals surface area contributed by atoms with Crippen LogP contribution in [0.2, 0.25) is 0 Å².